The predicted octanol–water partition coefficient (Wildman–Crippen LogP) is 5.46. The number of carbonyl (C=O) groups excluding carboxylic acids is 1. The summed E-state index contributed by atoms with van der Waals surface area (Å²) in [6.07, 6.45) is 1.67. The lowest BCUT2D eigenvalue weighted by Crippen LogP contribution is -2.25. The van der Waals surface area contributed by atoms with Gasteiger partial charge in [-0.25, -0.2) is 0 Å². The van der Waals surface area contributed by atoms with E-state index in [9.17, 15) is 4.79 Å². The monoisotopic (exact) mass is 376 g/mol. The molecule has 0 unspecified atom stereocenters. The minimum atomic E-state index is -0.486. The largest absolute Gasteiger partial charge is 0.426 e. The third-order valence-electron chi connectivity index (χ3n) is 4.52. The highest BCUT2D eigenvalue weighted by Gasteiger charge is 2.53. The molecule has 24 heavy (non-hydrogen) atoms. The van der Waals surface area contributed by atoms with Crippen LogP contribution in [-0.2, 0) is 10.2 Å². The summed E-state index contributed by atoms with van der Waals surface area (Å²) in [4.78, 5) is 12.7. The van der Waals surface area contributed by atoms with Gasteiger partial charge in [-0.15, -0.1) is 23.5 Å². The molecule has 2 fully saturated rings. The third kappa shape index (κ3) is 3.19. The van der Waals surface area contributed by atoms with Crippen molar-refractivity contribution in [2.45, 2.75) is 22.8 Å². The molecule has 0 atom stereocenters. The third-order valence-corrected chi connectivity index (χ3v) is 7.88. The minimum Gasteiger partial charge on any atom is -0.426 e. The van der Waals surface area contributed by atoms with E-state index >= 15 is 0 Å². The molecule has 0 amide bonds. The summed E-state index contributed by atoms with van der Waals surface area (Å²) in [5.74, 6) is 2.87. The first kappa shape index (κ1) is 16.4. The second kappa shape index (κ2) is 6.66. The SMILES string of the molecule is O=C(Oc1ccc(C2SCCS2)cc1)C1(c2ccc(Cl)cc2)CC1. The van der Waals surface area contributed by atoms with Crippen molar-refractivity contribution in [3.63, 3.8) is 0 Å². The molecule has 0 N–H and O–H groups in total. The van der Waals surface area contributed by atoms with Crippen LogP contribution in [0.3, 0.4) is 0 Å². The van der Waals surface area contributed by atoms with E-state index < -0.39 is 5.41 Å². The summed E-state index contributed by atoms with van der Waals surface area (Å²) in [5.41, 5.74) is 1.80. The van der Waals surface area contributed by atoms with Crippen molar-refractivity contribution in [1.82, 2.24) is 0 Å². The molecular formula is C19H17ClO2S2. The van der Waals surface area contributed by atoms with Gasteiger partial charge >= 0.3 is 5.97 Å². The van der Waals surface area contributed by atoms with Crippen LogP contribution < -0.4 is 4.74 Å². The summed E-state index contributed by atoms with van der Waals surface area (Å²) >= 11 is 9.89. The van der Waals surface area contributed by atoms with E-state index in [1.54, 1.807) is 0 Å². The van der Waals surface area contributed by atoms with Crippen molar-refractivity contribution in [2.75, 3.05) is 11.5 Å². The van der Waals surface area contributed by atoms with Crippen molar-refractivity contribution < 1.29 is 9.53 Å². The fourth-order valence-electron chi connectivity index (χ4n) is 2.95. The fraction of sp³-hybridized carbons (Fsp3) is 0.316. The van der Waals surface area contributed by atoms with Gasteiger partial charge in [0.05, 0.1) is 10.00 Å². The van der Waals surface area contributed by atoms with Crippen LogP contribution in [0.1, 0.15) is 28.6 Å². The Bertz CT molecular complexity index is 733. The Hall–Kier alpha value is -1.10. The summed E-state index contributed by atoms with van der Waals surface area (Å²) < 4.78 is 6.17. The van der Waals surface area contributed by atoms with E-state index in [4.69, 9.17) is 16.3 Å². The van der Waals surface area contributed by atoms with Crippen LogP contribution >= 0.6 is 35.1 Å². The van der Waals surface area contributed by atoms with E-state index in [2.05, 4.69) is 12.1 Å². The molecule has 2 nitrogen and oxygen atoms in total. The Morgan fingerprint density at radius 1 is 1.00 bits per heavy atom. The smallest absolute Gasteiger partial charge is 0.321 e. The zero-order valence-corrected chi connectivity index (χ0v) is 15.4. The van der Waals surface area contributed by atoms with E-state index in [1.807, 2.05) is 59.9 Å². The second-order valence-electron chi connectivity index (χ2n) is 6.12. The van der Waals surface area contributed by atoms with Gasteiger partial charge in [-0.2, -0.15) is 0 Å². The molecule has 2 aromatic rings. The zero-order chi connectivity index (χ0) is 16.6. The Kier molecular flexibility index (Phi) is 4.54. The van der Waals surface area contributed by atoms with Crippen molar-refractivity contribution in [1.29, 1.82) is 0 Å². The quantitative estimate of drug-likeness (QED) is 0.523. The van der Waals surface area contributed by atoms with Crippen LogP contribution in [0.15, 0.2) is 48.5 Å². The van der Waals surface area contributed by atoms with Crippen LogP contribution in [0, 0.1) is 0 Å². The van der Waals surface area contributed by atoms with Crippen molar-refractivity contribution in [3.05, 3.63) is 64.7 Å². The average molecular weight is 377 g/mol. The molecule has 0 bridgehead atoms. The topological polar surface area (TPSA) is 26.3 Å². The number of ether oxygens (including phenoxy) is 1. The van der Waals surface area contributed by atoms with Gasteiger partial charge in [-0.1, -0.05) is 35.9 Å². The maximum Gasteiger partial charge on any atom is 0.321 e. The molecule has 1 heterocycles. The normalized spacial score (nSPS) is 19.2. The first-order valence-electron chi connectivity index (χ1n) is 7.99. The van der Waals surface area contributed by atoms with E-state index in [0.29, 0.717) is 15.4 Å². The molecule has 5 heteroatoms. The van der Waals surface area contributed by atoms with Crippen LogP contribution in [-0.4, -0.2) is 17.5 Å². The lowest BCUT2D eigenvalue weighted by molar-refractivity contribution is -0.137. The highest BCUT2D eigenvalue weighted by atomic mass is 35.5. The van der Waals surface area contributed by atoms with Crippen LogP contribution in [0.5, 0.6) is 5.75 Å². The minimum absolute atomic E-state index is 0.165. The van der Waals surface area contributed by atoms with Gasteiger partial charge in [-0.3, -0.25) is 4.79 Å². The molecule has 0 radical (unpaired) electrons. The molecule has 124 valence electrons. The van der Waals surface area contributed by atoms with Crippen molar-refractivity contribution in [2.24, 2.45) is 0 Å². The van der Waals surface area contributed by atoms with Gasteiger partial charge in [0.15, 0.2) is 0 Å². The van der Waals surface area contributed by atoms with Gasteiger partial charge in [0.2, 0.25) is 0 Å². The number of thioether (sulfide) groups is 2. The summed E-state index contributed by atoms with van der Waals surface area (Å²) in [6.45, 7) is 0. The van der Waals surface area contributed by atoms with Gasteiger partial charge in [0, 0.05) is 16.5 Å². The van der Waals surface area contributed by atoms with Gasteiger partial charge in [0.1, 0.15) is 5.75 Å². The maximum atomic E-state index is 12.7. The van der Waals surface area contributed by atoms with Crippen molar-refractivity contribution in [3.8, 4) is 5.75 Å². The van der Waals surface area contributed by atoms with Crippen LogP contribution in [0.25, 0.3) is 0 Å². The summed E-state index contributed by atoms with van der Waals surface area (Å²) in [6, 6.07) is 15.5. The van der Waals surface area contributed by atoms with Gasteiger partial charge < -0.3 is 4.74 Å². The molecule has 1 aliphatic heterocycles. The number of hydrogen-bond donors (Lipinski definition) is 0. The van der Waals surface area contributed by atoms with Crippen LogP contribution in [0.4, 0.5) is 0 Å². The Balaban J connectivity index is 1.46. The molecule has 1 saturated carbocycles. The lowest BCUT2D eigenvalue weighted by atomic mass is 9.96. The van der Waals surface area contributed by atoms with Crippen LogP contribution in [0.2, 0.25) is 5.02 Å². The number of halogens is 1. The number of hydrogen-bond acceptors (Lipinski definition) is 4. The average Bonchev–Trinajstić information content (AvgIpc) is 3.23. The van der Waals surface area contributed by atoms with E-state index in [-0.39, 0.29) is 5.97 Å². The van der Waals surface area contributed by atoms with E-state index in [1.165, 1.54) is 17.1 Å². The lowest BCUT2D eigenvalue weighted by Gasteiger charge is -2.15. The Labute approximate surface area is 155 Å². The molecule has 2 aliphatic rings. The highest BCUT2D eigenvalue weighted by Crippen LogP contribution is 2.49. The molecule has 4 rings (SSSR count). The molecule has 2 aromatic carbocycles. The Morgan fingerprint density at radius 3 is 2.21 bits per heavy atom. The first-order valence-corrected chi connectivity index (χ1v) is 10.5. The zero-order valence-electron chi connectivity index (χ0n) is 13.0. The summed E-state index contributed by atoms with van der Waals surface area (Å²) in [7, 11) is 0. The molecular weight excluding hydrogens is 360 g/mol. The van der Waals surface area contributed by atoms with Crippen molar-refractivity contribution >= 4 is 41.1 Å². The molecule has 0 aromatic heterocycles. The number of carbonyl (C=O) groups is 1. The molecule has 1 aliphatic carbocycles. The number of rotatable bonds is 4. The summed E-state index contributed by atoms with van der Waals surface area (Å²) in [5, 5.41) is 0.682. The Morgan fingerprint density at radius 2 is 1.62 bits per heavy atom. The van der Waals surface area contributed by atoms with Gasteiger partial charge in [-0.05, 0) is 48.2 Å². The number of benzene rings is 2. The number of esters is 1. The van der Waals surface area contributed by atoms with E-state index in [0.717, 1.165) is 18.4 Å². The molecule has 1 saturated heterocycles. The predicted molar refractivity (Wildman–Crippen MR) is 102 cm³/mol. The maximum absolute atomic E-state index is 12.7. The first-order chi connectivity index (χ1) is 11.7. The second-order valence-corrected chi connectivity index (χ2v) is 9.28. The molecule has 0 spiro atoms. The fourth-order valence-corrected chi connectivity index (χ4v) is 5.94. The van der Waals surface area contributed by atoms with Gasteiger partial charge in [0.25, 0.3) is 0 Å². The standard InChI is InChI=1S/C19H17ClO2S2/c20-15-5-3-14(4-6-15)19(9-10-19)18(21)22-16-7-1-13(2-8-16)17-23-11-12-24-17/h1-8,17H,9-12H2. The highest BCUT2D eigenvalue weighted by molar-refractivity contribution is 8.19.